The van der Waals surface area contributed by atoms with Gasteiger partial charge in [0.2, 0.25) is 0 Å². The zero-order valence-electron chi connectivity index (χ0n) is 13.9. The monoisotopic (exact) mass is 372 g/mol. The van der Waals surface area contributed by atoms with Crippen LogP contribution in [-0.2, 0) is 16.4 Å². The standard InChI is InChI=1S/C17H16N4O4S/c1-26(24,25)14-7-8-15(16(11-14)21(22)23)18-17-9-10-20(19-17)12-13-5-3-2-4-6-13/h2-11H,12H2,1H3,(H,18,19). The van der Waals surface area contributed by atoms with Crippen LogP contribution in [0.3, 0.4) is 0 Å². The van der Waals surface area contributed by atoms with Gasteiger partial charge in [-0.05, 0) is 17.7 Å². The minimum atomic E-state index is -3.53. The number of nitro groups is 1. The predicted molar refractivity (Wildman–Crippen MR) is 97.3 cm³/mol. The Kier molecular flexibility index (Phi) is 4.72. The molecule has 3 rings (SSSR count). The largest absolute Gasteiger partial charge is 0.333 e. The lowest BCUT2D eigenvalue weighted by molar-refractivity contribution is -0.384. The van der Waals surface area contributed by atoms with Gasteiger partial charge >= 0.3 is 0 Å². The highest BCUT2D eigenvalue weighted by molar-refractivity contribution is 7.90. The topological polar surface area (TPSA) is 107 Å². The van der Waals surface area contributed by atoms with Gasteiger partial charge in [0, 0.05) is 24.6 Å². The van der Waals surface area contributed by atoms with E-state index in [4.69, 9.17) is 0 Å². The third kappa shape index (κ3) is 4.06. The van der Waals surface area contributed by atoms with Crippen LogP contribution in [0.4, 0.5) is 17.2 Å². The molecule has 134 valence electrons. The molecule has 1 N–H and O–H groups in total. The van der Waals surface area contributed by atoms with Gasteiger partial charge in [-0.1, -0.05) is 30.3 Å². The molecule has 9 heteroatoms. The molecule has 0 aliphatic heterocycles. The Labute approximate surface area is 150 Å². The van der Waals surface area contributed by atoms with Crippen LogP contribution in [0, 0.1) is 10.1 Å². The molecule has 1 aromatic heterocycles. The predicted octanol–water partition coefficient (Wildman–Crippen LogP) is 2.99. The van der Waals surface area contributed by atoms with Crippen LogP contribution in [0.15, 0.2) is 65.7 Å². The zero-order chi connectivity index (χ0) is 18.7. The maximum atomic E-state index is 11.6. The Morgan fingerprint density at radius 1 is 1.15 bits per heavy atom. The van der Waals surface area contributed by atoms with Crippen LogP contribution in [0.2, 0.25) is 0 Å². The summed E-state index contributed by atoms with van der Waals surface area (Å²) in [6.45, 7) is 0.567. The molecule has 3 aromatic rings. The number of nitro benzene ring substituents is 1. The van der Waals surface area contributed by atoms with Crippen molar-refractivity contribution in [1.29, 1.82) is 0 Å². The number of hydrogen-bond donors (Lipinski definition) is 1. The fourth-order valence-electron chi connectivity index (χ4n) is 2.42. The fourth-order valence-corrected chi connectivity index (χ4v) is 3.06. The van der Waals surface area contributed by atoms with Crippen molar-refractivity contribution in [3.63, 3.8) is 0 Å². The van der Waals surface area contributed by atoms with E-state index < -0.39 is 14.8 Å². The summed E-state index contributed by atoms with van der Waals surface area (Å²) < 4.78 is 24.9. The summed E-state index contributed by atoms with van der Waals surface area (Å²) in [5.41, 5.74) is 0.920. The number of nitrogens with one attached hydrogen (secondary N) is 1. The lowest BCUT2D eigenvalue weighted by Gasteiger charge is -2.06. The fraction of sp³-hybridized carbons (Fsp3) is 0.118. The summed E-state index contributed by atoms with van der Waals surface area (Å²) >= 11 is 0. The van der Waals surface area contributed by atoms with Gasteiger partial charge in [0.05, 0.1) is 16.4 Å². The van der Waals surface area contributed by atoms with Crippen molar-refractivity contribution in [3.8, 4) is 0 Å². The van der Waals surface area contributed by atoms with Crippen LogP contribution in [-0.4, -0.2) is 29.4 Å². The molecule has 0 unspecified atom stereocenters. The number of rotatable bonds is 6. The zero-order valence-corrected chi connectivity index (χ0v) is 14.7. The molecule has 0 saturated carbocycles. The van der Waals surface area contributed by atoms with Gasteiger partial charge in [0.1, 0.15) is 5.69 Å². The van der Waals surface area contributed by atoms with Gasteiger partial charge in [0.15, 0.2) is 15.7 Å². The Balaban J connectivity index is 1.84. The average molecular weight is 372 g/mol. The van der Waals surface area contributed by atoms with E-state index in [1.165, 1.54) is 12.1 Å². The second-order valence-corrected chi connectivity index (χ2v) is 7.73. The van der Waals surface area contributed by atoms with Crippen LogP contribution < -0.4 is 5.32 Å². The Bertz CT molecular complexity index is 1050. The van der Waals surface area contributed by atoms with Gasteiger partial charge in [0.25, 0.3) is 5.69 Å². The molecule has 0 radical (unpaired) electrons. The van der Waals surface area contributed by atoms with Crippen molar-refractivity contribution < 1.29 is 13.3 Å². The molecule has 0 aliphatic carbocycles. The second-order valence-electron chi connectivity index (χ2n) is 5.72. The minimum Gasteiger partial charge on any atom is -0.333 e. The van der Waals surface area contributed by atoms with Crippen LogP contribution in [0.1, 0.15) is 5.56 Å². The molecular weight excluding hydrogens is 356 g/mol. The molecule has 0 spiro atoms. The molecule has 2 aromatic carbocycles. The lowest BCUT2D eigenvalue weighted by atomic mass is 10.2. The number of sulfone groups is 1. The number of nitrogens with zero attached hydrogens (tertiary/aromatic N) is 3. The van der Waals surface area contributed by atoms with Crippen LogP contribution in [0.5, 0.6) is 0 Å². The number of aromatic nitrogens is 2. The first-order valence-electron chi connectivity index (χ1n) is 7.66. The molecule has 1 heterocycles. The maximum absolute atomic E-state index is 11.6. The van der Waals surface area contributed by atoms with Gasteiger partial charge in [-0.2, -0.15) is 5.10 Å². The molecule has 0 aliphatic rings. The molecule has 0 bridgehead atoms. The smallest absolute Gasteiger partial charge is 0.294 e. The van der Waals surface area contributed by atoms with E-state index in [-0.39, 0.29) is 16.3 Å². The molecule has 26 heavy (non-hydrogen) atoms. The number of hydrogen-bond acceptors (Lipinski definition) is 6. The third-order valence-electron chi connectivity index (χ3n) is 3.68. The van der Waals surface area contributed by atoms with Crippen molar-refractivity contribution in [2.45, 2.75) is 11.4 Å². The van der Waals surface area contributed by atoms with E-state index in [2.05, 4.69) is 10.4 Å². The summed E-state index contributed by atoms with van der Waals surface area (Å²) in [5, 5.41) is 18.5. The van der Waals surface area contributed by atoms with E-state index in [1.807, 2.05) is 30.3 Å². The minimum absolute atomic E-state index is 0.107. The van der Waals surface area contributed by atoms with E-state index in [9.17, 15) is 18.5 Å². The summed E-state index contributed by atoms with van der Waals surface area (Å²) in [6, 6.07) is 15.2. The quantitative estimate of drug-likeness (QED) is 0.526. The maximum Gasteiger partial charge on any atom is 0.294 e. The number of benzene rings is 2. The van der Waals surface area contributed by atoms with Crippen LogP contribution in [0.25, 0.3) is 0 Å². The van der Waals surface area contributed by atoms with Crippen molar-refractivity contribution in [1.82, 2.24) is 9.78 Å². The molecular formula is C17H16N4O4S. The van der Waals surface area contributed by atoms with E-state index in [0.717, 1.165) is 17.9 Å². The highest BCUT2D eigenvalue weighted by atomic mass is 32.2. The Morgan fingerprint density at radius 2 is 1.88 bits per heavy atom. The molecule has 0 fully saturated rings. The van der Waals surface area contributed by atoms with Crippen molar-refractivity contribution in [2.24, 2.45) is 0 Å². The molecule has 0 saturated heterocycles. The van der Waals surface area contributed by atoms with E-state index in [0.29, 0.717) is 12.4 Å². The molecule has 8 nitrogen and oxygen atoms in total. The second kappa shape index (κ2) is 6.96. The van der Waals surface area contributed by atoms with E-state index >= 15 is 0 Å². The first-order valence-corrected chi connectivity index (χ1v) is 9.55. The van der Waals surface area contributed by atoms with Crippen molar-refractivity contribution >= 4 is 27.0 Å². The Hall–Kier alpha value is -3.20. The van der Waals surface area contributed by atoms with Crippen molar-refractivity contribution in [3.05, 3.63) is 76.5 Å². The Morgan fingerprint density at radius 3 is 2.54 bits per heavy atom. The van der Waals surface area contributed by atoms with Gasteiger partial charge in [-0.15, -0.1) is 0 Å². The van der Waals surface area contributed by atoms with Crippen LogP contribution >= 0.6 is 0 Å². The SMILES string of the molecule is CS(=O)(=O)c1ccc(Nc2ccn(Cc3ccccc3)n2)c([N+](=O)[O-])c1. The van der Waals surface area contributed by atoms with Gasteiger partial charge in [-0.25, -0.2) is 8.42 Å². The summed E-state index contributed by atoms with van der Waals surface area (Å²) in [4.78, 5) is 10.5. The molecule has 0 amide bonds. The number of anilines is 2. The first kappa shape index (κ1) is 17.6. The normalized spacial score (nSPS) is 11.3. The highest BCUT2D eigenvalue weighted by Gasteiger charge is 2.19. The highest BCUT2D eigenvalue weighted by Crippen LogP contribution is 2.29. The average Bonchev–Trinajstić information content (AvgIpc) is 3.02. The summed E-state index contributed by atoms with van der Waals surface area (Å²) in [5.74, 6) is 0.427. The van der Waals surface area contributed by atoms with Gasteiger partial charge < -0.3 is 5.32 Å². The van der Waals surface area contributed by atoms with Crippen molar-refractivity contribution in [2.75, 3.05) is 11.6 Å². The third-order valence-corrected chi connectivity index (χ3v) is 4.80. The summed E-state index contributed by atoms with van der Waals surface area (Å²) in [6.07, 6.45) is 2.76. The van der Waals surface area contributed by atoms with Gasteiger partial charge in [-0.3, -0.25) is 14.8 Å². The first-order chi connectivity index (χ1) is 12.3. The molecule has 0 atom stereocenters. The lowest BCUT2D eigenvalue weighted by Crippen LogP contribution is -2.03. The van der Waals surface area contributed by atoms with E-state index in [1.54, 1.807) is 16.9 Å². The summed E-state index contributed by atoms with van der Waals surface area (Å²) in [7, 11) is -3.53.